The molecule has 9 nitrogen and oxygen atoms in total. The fourth-order valence-corrected chi connectivity index (χ4v) is 7.03. The second-order valence-corrected chi connectivity index (χ2v) is 12.5. The summed E-state index contributed by atoms with van der Waals surface area (Å²) in [5, 5.41) is 0. The predicted octanol–water partition coefficient (Wildman–Crippen LogP) is 4.73. The standard InChI is InChI=1S/C26H24N4O5S4/c31-22(28-29-23(32)14-37-25-27-17-6-3-4-7-20(17)38-25)8-2-1-5-11-30-24(33)21(39-26(30)36)13-16-9-10-18-19(12-16)35-15-34-18/h3-4,6-7,9-10,12-13H,1-2,5,8,11,14-15H2,(H,28,31)(H,29,32). The van der Waals surface area contributed by atoms with Crippen molar-refractivity contribution in [1.82, 2.24) is 20.7 Å². The number of carbonyl (C=O) groups is 3. The molecule has 0 unspecified atom stereocenters. The van der Waals surface area contributed by atoms with Crippen LogP contribution in [0.1, 0.15) is 31.2 Å². The van der Waals surface area contributed by atoms with Gasteiger partial charge in [-0.3, -0.25) is 30.1 Å². The Morgan fingerprint density at radius 1 is 1.08 bits per heavy atom. The summed E-state index contributed by atoms with van der Waals surface area (Å²) >= 11 is 9.55. The van der Waals surface area contributed by atoms with Crippen LogP contribution in [-0.2, 0) is 14.4 Å². The number of benzene rings is 2. The third-order valence-corrected chi connectivity index (χ3v) is 9.35. The summed E-state index contributed by atoms with van der Waals surface area (Å²) in [6.45, 7) is 0.687. The predicted molar refractivity (Wildman–Crippen MR) is 158 cm³/mol. The van der Waals surface area contributed by atoms with Gasteiger partial charge in [0.25, 0.3) is 5.91 Å². The third-order valence-electron chi connectivity index (χ3n) is 5.80. The molecule has 1 fully saturated rings. The molecule has 2 aliphatic heterocycles. The third kappa shape index (κ3) is 7.10. The number of thiocarbonyl (C=S) groups is 1. The van der Waals surface area contributed by atoms with Gasteiger partial charge in [0.15, 0.2) is 15.8 Å². The van der Waals surface area contributed by atoms with Crippen molar-refractivity contribution in [3.63, 3.8) is 0 Å². The van der Waals surface area contributed by atoms with Gasteiger partial charge in [0, 0.05) is 13.0 Å². The Morgan fingerprint density at radius 2 is 1.90 bits per heavy atom. The molecule has 1 saturated heterocycles. The van der Waals surface area contributed by atoms with E-state index >= 15 is 0 Å². The Bertz CT molecular complexity index is 1420. The SMILES string of the molecule is O=C(CCCCCN1C(=O)C(=Cc2ccc3c(c2)OCO3)SC1=S)NNC(=O)CSc1nc2ccccc2s1. The number of aromatic nitrogens is 1. The van der Waals surface area contributed by atoms with Gasteiger partial charge in [-0.25, -0.2) is 4.98 Å². The number of nitrogens with zero attached hydrogens (tertiary/aromatic N) is 2. The van der Waals surface area contributed by atoms with E-state index in [0.29, 0.717) is 40.1 Å². The number of para-hydroxylation sites is 1. The summed E-state index contributed by atoms with van der Waals surface area (Å²) in [6.07, 6.45) is 4.16. The van der Waals surface area contributed by atoms with Gasteiger partial charge in [-0.1, -0.05) is 60.4 Å². The van der Waals surface area contributed by atoms with E-state index in [9.17, 15) is 14.4 Å². The molecule has 2 aliphatic rings. The molecule has 2 aromatic carbocycles. The van der Waals surface area contributed by atoms with Crippen LogP contribution >= 0.6 is 47.1 Å². The number of carbonyl (C=O) groups excluding carboxylic acids is 3. The highest BCUT2D eigenvalue weighted by Gasteiger charge is 2.31. The van der Waals surface area contributed by atoms with E-state index in [1.807, 2.05) is 42.5 Å². The van der Waals surface area contributed by atoms with E-state index in [-0.39, 0.29) is 36.7 Å². The zero-order valence-corrected chi connectivity index (χ0v) is 23.9. The summed E-state index contributed by atoms with van der Waals surface area (Å²) < 4.78 is 13.1. The molecule has 3 heterocycles. The van der Waals surface area contributed by atoms with Crippen LogP contribution in [-0.4, -0.2) is 51.0 Å². The average molecular weight is 601 g/mol. The second kappa shape index (κ2) is 12.8. The molecule has 0 aliphatic carbocycles. The van der Waals surface area contributed by atoms with Crippen molar-refractivity contribution in [3.05, 3.63) is 52.9 Å². The van der Waals surface area contributed by atoms with Crippen molar-refractivity contribution in [2.75, 3.05) is 19.1 Å². The summed E-state index contributed by atoms with van der Waals surface area (Å²) in [6, 6.07) is 13.3. The van der Waals surface area contributed by atoms with Crippen molar-refractivity contribution in [2.45, 2.75) is 30.0 Å². The molecule has 202 valence electrons. The zero-order chi connectivity index (χ0) is 27.2. The van der Waals surface area contributed by atoms with E-state index in [1.165, 1.54) is 34.9 Å². The van der Waals surface area contributed by atoms with Gasteiger partial charge in [0.1, 0.15) is 4.32 Å². The van der Waals surface area contributed by atoms with Crippen LogP contribution in [0.3, 0.4) is 0 Å². The summed E-state index contributed by atoms with van der Waals surface area (Å²) in [5.41, 5.74) is 6.65. The molecular formula is C26H24N4O5S4. The van der Waals surface area contributed by atoms with Crippen LogP contribution in [0.25, 0.3) is 16.3 Å². The molecule has 3 aromatic rings. The minimum atomic E-state index is -0.296. The molecule has 1 aromatic heterocycles. The van der Waals surface area contributed by atoms with Crippen LogP contribution in [0.5, 0.6) is 11.5 Å². The van der Waals surface area contributed by atoms with Crippen molar-refractivity contribution >= 4 is 85.4 Å². The van der Waals surface area contributed by atoms with Gasteiger partial charge >= 0.3 is 0 Å². The smallest absolute Gasteiger partial charge is 0.266 e. The van der Waals surface area contributed by atoms with Gasteiger partial charge < -0.3 is 9.47 Å². The monoisotopic (exact) mass is 600 g/mol. The van der Waals surface area contributed by atoms with Gasteiger partial charge in [-0.15, -0.1) is 11.3 Å². The lowest BCUT2D eigenvalue weighted by molar-refractivity contribution is -0.127. The lowest BCUT2D eigenvalue weighted by atomic mass is 10.1. The van der Waals surface area contributed by atoms with Crippen LogP contribution in [0.2, 0.25) is 0 Å². The molecule has 5 rings (SSSR count). The zero-order valence-electron chi connectivity index (χ0n) is 20.6. The van der Waals surface area contributed by atoms with Gasteiger partial charge in [0.05, 0.1) is 20.9 Å². The van der Waals surface area contributed by atoms with E-state index in [4.69, 9.17) is 21.7 Å². The molecule has 13 heteroatoms. The fourth-order valence-electron chi connectivity index (χ4n) is 3.86. The van der Waals surface area contributed by atoms with Crippen molar-refractivity contribution in [3.8, 4) is 11.5 Å². The number of thiazole rings is 1. The fraction of sp³-hybridized carbons (Fsp3) is 0.269. The van der Waals surface area contributed by atoms with E-state index in [1.54, 1.807) is 11.0 Å². The van der Waals surface area contributed by atoms with Crippen LogP contribution < -0.4 is 20.3 Å². The largest absolute Gasteiger partial charge is 0.454 e. The number of unbranched alkanes of at least 4 members (excludes halogenated alkanes) is 2. The maximum Gasteiger partial charge on any atom is 0.266 e. The second-order valence-electron chi connectivity index (χ2n) is 8.59. The quantitative estimate of drug-likeness (QED) is 0.112. The van der Waals surface area contributed by atoms with Crippen molar-refractivity contribution in [2.24, 2.45) is 0 Å². The molecule has 0 atom stereocenters. The number of rotatable bonds is 10. The number of hydrazine groups is 1. The Kier molecular flexibility index (Phi) is 9.02. The summed E-state index contributed by atoms with van der Waals surface area (Å²) in [4.78, 5) is 43.7. The summed E-state index contributed by atoms with van der Waals surface area (Å²) in [5.74, 6) is 0.835. The first-order valence-corrected chi connectivity index (χ1v) is 15.2. The first-order chi connectivity index (χ1) is 19.0. The molecule has 39 heavy (non-hydrogen) atoms. The number of hydrogen-bond donors (Lipinski definition) is 2. The summed E-state index contributed by atoms with van der Waals surface area (Å²) in [7, 11) is 0. The van der Waals surface area contributed by atoms with Crippen LogP contribution in [0.15, 0.2) is 51.7 Å². The van der Waals surface area contributed by atoms with Gasteiger partial charge in [0.2, 0.25) is 18.6 Å². The van der Waals surface area contributed by atoms with E-state index < -0.39 is 0 Å². The number of ether oxygens (including phenoxy) is 2. The molecule has 0 bridgehead atoms. The number of amides is 3. The van der Waals surface area contributed by atoms with Gasteiger partial charge in [-0.2, -0.15) is 0 Å². The first kappa shape index (κ1) is 27.4. The first-order valence-electron chi connectivity index (χ1n) is 12.2. The average Bonchev–Trinajstić information content (AvgIpc) is 3.64. The van der Waals surface area contributed by atoms with Crippen LogP contribution in [0.4, 0.5) is 0 Å². The molecular weight excluding hydrogens is 577 g/mol. The number of fused-ring (bicyclic) bond motifs is 2. The molecule has 0 spiro atoms. The van der Waals surface area contributed by atoms with Crippen molar-refractivity contribution < 1.29 is 23.9 Å². The molecule has 2 N–H and O–H groups in total. The van der Waals surface area contributed by atoms with E-state index in [2.05, 4.69) is 15.8 Å². The molecule has 0 saturated carbocycles. The van der Waals surface area contributed by atoms with E-state index in [0.717, 1.165) is 26.5 Å². The highest BCUT2D eigenvalue weighted by Crippen LogP contribution is 2.36. The highest BCUT2D eigenvalue weighted by atomic mass is 32.2. The Balaban J connectivity index is 0.971. The normalized spacial score (nSPS) is 15.4. The lowest BCUT2D eigenvalue weighted by Gasteiger charge is -2.14. The number of nitrogens with one attached hydrogen (secondary N) is 2. The maximum atomic E-state index is 12.8. The topological polar surface area (TPSA) is 110 Å². The number of hydrogen-bond acceptors (Lipinski definition) is 10. The highest BCUT2D eigenvalue weighted by molar-refractivity contribution is 8.26. The Hall–Kier alpha value is -3.13. The lowest BCUT2D eigenvalue weighted by Crippen LogP contribution is -2.42. The minimum absolute atomic E-state index is 0.119. The maximum absolute atomic E-state index is 12.8. The number of thioether (sulfide) groups is 2. The van der Waals surface area contributed by atoms with Crippen molar-refractivity contribution in [1.29, 1.82) is 0 Å². The minimum Gasteiger partial charge on any atom is -0.454 e. The molecule has 0 radical (unpaired) electrons. The van der Waals surface area contributed by atoms with Gasteiger partial charge in [-0.05, 0) is 48.7 Å². The molecule has 3 amide bonds. The van der Waals surface area contributed by atoms with Crippen LogP contribution in [0, 0.1) is 0 Å². The Morgan fingerprint density at radius 3 is 2.77 bits per heavy atom. The Labute approximate surface area is 242 Å².